The largest absolute Gasteiger partial charge is 0.256 e. The summed E-state index contributed by atoms with van der Waals surface area (Å²) in [5.74, 6) is 0. The van der Waals surface area contributed by atoms with E-state index >= 15 is 0 Å². The molecule has 0 atom stereocenters. The van der Waals surface area contributed by atoms with Crippen LogP contribution in [-0.2, 0) is 0 Å². The van der Waals surface area contributed by atoms with Crippen LogP contribution < -0.4 is 10.4 Å². The summed E-state index contributed by atoms with van der Waals surface area (Å²) >= 11 is 0. The Bertz CT molecular complexity index is 1470. The van der Waals surface area contributed by atoms with E-state index in [4.69, 9.17) is 0 Å². The fourth-order valence-corrected chi connectivity index (χ4v) is 8.23. The molecule has 0 saturated heterocycles. The molecule has 0 unspecified atom stereocenters. The summed E-state index contributed by atoms with van der Waals surface area (Å²) in [6, 6.07) is 39.6. The molecule has 0 radical (unpaired) electrons. The first-order valence-electron chi connectivity index (χ1n) is 11.5. The van der Waals surface area contributed by atoms with E-state index in [2.05, 4.69) is 115 Å². The number of fused-ring (bicyclic) bond motifs is 3. The van der Waals surface area contributed by atoms with Gasteiger partial charge < -0.3 is 0 Å². The zero-order valence-corrected chi connectivity index (χ0v) is 19.9. The molecule has 0 aliphatic carbocycles. The molecule has 1 nitrogen and oxygen atoms in total. The van der Waals surface area contributed by atoms with Crippen molar-refractivity contribution in [1.82, 2.24) is 4.98 Å². The van der Waals surface area contributed by atoms with Gasteiger partial charge in [0.05, 0.1) is 5.69 Å². The number of hydrogen-bond donors (Lipinski definition) is 0. The standard InChI is InChI=1S/C31H25NSi/c1-33(2)30-12-4-3-10-27(30)28-18-17-25(21-31(28)33)23-15-13-22(14-16-23)24-8-7-9-26(20-24)29-11-5-6-19-32-29/h3-21H,1-2H3. The SMILES string of the molecule is C[Si]1(C)c2ccccc2-c2ccc(-c3ccc(-c4cccc(-c5ccccn5)c4)cc3)cc21. The molecule has 0 saturated carbocycles. The van der Waals surface area contributed by atoms with E-state index in [1.54, 1.807) is 10.4 Å². The maximum Gasteiger partial charge on any atom is 0.113 e. The lowest BCUT2D eigenvalue weighted by Crippen LogP contribution is -2.49. The average molecular weight is 440 g/mol. The smallest absolute Gasteiger partial charge is 0.113 e. The van der Waals surface area contributed by atoms with Crippen LogP contribution in [0.4, 0.5) is 0 Å². The fourth-order valence-electron chi connectivity index (χ4n) is 5.13. The van der Waals surface area contributed by atoms with Crippen molar-refractivity contribution in [2.24, 2.45) is 0 Å². The number of rotatable bonds is 3. The van der Waals surface area contributed by atoms with Crippen LogP contribution >= 0.6 is 0 Å². The Hall–Kier alpha value is -3.75. The predicted molar refractivity (Wildman–Crippen MR) is 143 cm³/mol. The summed E-state index contributed by atoms with van der Waals surface area (Å²) in [6.07, 6.45) is 1.84. The van der Waals surface area contributed by atoms with Gasteiger partial charge in [-0.1, -0.05) is 104 Å². The van der Waals surface area contributed by atoms with Crippen LogP contribution in [0.2, 0.25) is 13.1 Å². The van der Waals surface area contributed by atoms with E-state index in [-0.39, 0.29) is 0 Å². The van der Waals surface area contributed by atoms with Crippen molar-refractivity contribution < 1.29 is 0 Å². The van der Waals surface area contributed by atoms with Gasteiger partial charge in [-0.05, 0) is 62.0 Å². The minimum Gasteiger partial charge on any atom is -0.256 e. The van der Waals surface area contributed by atoms with Gasteiger partial charge in [0.1, 0.15) is 8.07 Å². The molecule has 0 fully saturated rings. The highest BCUT2D eigenvalue weighted by atomic mass is 28.3. The average Bonchev–Trinajstić information content (AvgIpc) is 3.11. The molecule has 0 spiro atoms. The number of aromatic nitrogens is 1. The van der Waals surface area contributed by atoms with Gasteiger partial charge in [0.2, 0.25) is 0 Å². The third kappa shape index (κ3) is 3.35. The summed E-state index contributed by atoms with van der Waals surface area (Å²) in [7, 11) is -1.65. The molecule has 0 amide bonds. The molecule has 0 bridgehead atoms. The minimum atomic E-state index is -1.65. The topological polar surface area (TPSA) is 12.9 Å². The number of nitrogens with zero attached hydrogens (tertiary/aromatic N) is 1. The van der Waals surface area contributed by atoms with Gasteiger partial charge in [0.25, 0.3) is 0 Å². The van der Waals surface area contributed by atoms with Crippen LogP contribution in [-0.4, -0.2) is 13.1 Å². The summed E-state index contributed by atoms with van der Waals surface area (Å²) in [5, 5.41) is 3.11. The van der Waals surface area contributed by atoms with E-state index in [0.717, 1.165) is 11.3 Å². The molecule has 6 rings (SSSR count). The maximum absolute atomic E-state index is 4.50. The Balaban J connectivity index is 1.34. The lowest BCUT2D eigenvalue weighted by molar-refractivity contribution is 1.33. The summed E-state index contributed by atoms with van der Waals surface area (Å²) in [5.41, 5.74) is 10.00. The first-order valence-corrected chi connectivity index (χ1v) is 14.5. The van der Waals surface area contributed by atoms with Crippen molar-refractivity contribution in [3.63, 3.8) is 0 Å². The Morgan fingerprint density at radius 1 is 0.485 bits per heavy atom. The monoisotopic (exact) mass is 439 g/mol. The zero-order chi connectivity index (χ0) is 22.4. The highest BCUT2D eigenvalue weighted by molar-refractivity contribution is 7.03. The third-order valence-electron chi connectivity index (χ3n) is 6.96. The fraction of sp³-hybridized carbons (Fsp3) is 0.0645. The molecule has 2 heterocycles. The van der Waals surface area contributed by atoms with Gasteiger partial charge in [-0.3, -0.25) is 4.98 Å². The summed E-state index contributed by atoms with van der Waals surface area (Å²) in [4.78, 5) is 4.50. The first kappa shape index (κ1) is 19.9. The van der Waals surface area contributed by atoms with Crippen LogP contribution in [0.15, 0.2) is 115 Å². The molecule has 158 valence electrons. The first-order chi connectivity index (χ1) is 16.1. The summed E-state index contributed by atoms with van der Waals surface area (Å²) < 4.78 is 0. The van der Waals surface area contributed by atoms with Crippen LogP contribution in [0.5, 0.6) is 0 Å². The summed E-state index contributed by atoms with van der Waals surface area (Å²) in [6.45, 7) is 4.94. The van der Waals surface area contributed by atoms with Crippen molar-refractivity contribution in [1.29, 1.82) is 0 Å². The number of hydrogen-bond acceptors (Lipinski definition) is 1. The predicted octanol–water partition coefficient (Wildman–Crippen LogP) is 6.89. The van der Waals surface area contributed by atoms with E-state index < -0.39 is 8.07 Å². The van der Waals surface area contributed by atoms with Crippen LogP contribution in [0.3, 0.4) is 0 Å². The third-order valence-corrected chi connectivity index (χ3v) is 10.5. The Morgan fingerprint density at radius 2 is 1.12 bits per heavy atom. The van der Waals surface area contributed by atoms with E-state index in [1.807, 2.05) is 18.3 Å². The van der Waals surface area contributed by atoms with Crippen LogP contribution in [0, 0.1) is 0 Å². The molecule has 4 aromatic carbocycles. The normalized spacial score (nSPS) is 13.4. The van der Waals surface area contributed by atoms with Crippen LogP contribution in [0.25, 0.3) is 44.6 Å². The van der Waals surface area contributed by atoms with Crippen molar-refractivity contribution in [2.45, 2.75) is 13.1 Å². The van der Waals surface area contributed by atoms with Crippen molar-refractivity contribution in [2.75, 3.05) is 0 Å². The van der Waals surface area contributed by atoms with Gasteiger partial charge in [0, 0.05) is 11.8 Å². The van der Waals surface area contributed by atoms with Crippen molar-refractivity contribution >= 4 is 18.4 Å². The van der Waals surface area contributed by atoms with Crippen molar-refractivity contribution in [3.05, 3.63) is 115 Å². The van der Waals surface area contributed by atoms with Gasteiger partial charge >= 0.3 is 0 Å². The second-order valence-electron chi connectivity index (χ2n) is 9.30. The van der Waals surface area contributed by atoms with Gasteiger partial charge in [-0.25, -0.2) is 0 Å². The molecule has 1 aliphatic heterocycles. The Morgan fingerprint density at radius 3 is 1.88 bits per heavy atom. The molecule has 33 heavy (non-hydrogen) atoms. The maximum atomic E-state index is 4.50. The van der Waals surface area contributed by atoms with E-state index in [1.165, 1.54) is 33.4 Å². The molecule has 2 heteroatoms. The second kappa shape index (κ2) is 7.68. The molecule has 0 N–H and O–H groups in total. The second-order valence-corrected chi connectivity index (χ2v) is 13.6. The van der Waals surface area contributed by atoms with Crippen LogP contribution in [0.1, 0.15) is 0 Å². The quantitative estimate of drug-likeness (QED) is 0.279. The van der Waals surface area contributed by atoms with Gasteiger partial charge in [0.15, 0.2) is 0 Å². The van der Waals surface area contributed by atoms with E-state index in [9.17, 15) is 0 Å². The lowest BCUT2D eigenvalue weighted by atomic mass is 9.97. The molecule has 1 aliphatic rings. The number of pyridine rings is 1. The van der Waals surface area contributed by atoms with Crippen molar-refractivity contribution in [3.8, 4) is 44.6 Å². The van der Waals surface area contributed by atoms with Gasteiger partial charge in [-0.2, -0.15) is 0 Å². The highest BCUT2D eigenvalue weighted by Crippen LogP contribution is 2.32. The molecule has 1 aromatic heterocycles. The Labute approximate surface area is 196 Å². The van der Waals surface area contributed by atoms with Gasteiger partial charge in [-0.15, -0.1) is 0 Å². The lowest BCUT2D eigenvalue weighted by Gasteiger charge is -2.19. The minimum absolute atomic E-state index is 1.00. The molecular weight excluding hydrogens is 414 g/mol. The molecular formula is C31H25NSi. The highest BCUT2D eigenvalue weighted by Gasteiger charge is 2.37. The zero-order valence-electron chi connectivity index (χ0n) is 18.9. The number of benzene rings is 4. The Kier molecular flexibility index (Phi) is 4.63. The van der Waals surface area contributed by atoms with E-state index in [0.29, 0.717) is 0 Å². The molecule has 5 aromatic rings.